The van der Waals surface area contributed by atoms with E-state index in [0.717, 1.165) is 43.9 Å². The van der Waals surface area contributed by atoms with Gasteiger partial charge in [-0.1, -0.05) is 0 Å². The van der Waals surface area contributed by atoms with Gasteiger partial charge in [0, 0.05) is 52.5 Å². The average Bonchev–Trinajstić information content (AvgIpc) is 2.88. The van der Waals surface area contributed by atoms with E-state index in [-0.39, 0.29) is 6.03 Å². The van der Waals surface area contributed by atoms with Gasteiger partial charge < -0.3 is 15.1 Å². The molecule has 3 rings (SSSR count). The van der Waals surface area contributed by atoms with Crippen molar-refractivity contribution in [2.24, 2.45) is 7.05 Å². The van der Waals surface area contributed by atoms with Crippen LogP contribution in [0.2, 0.25) is 0 Å². The molecule has 1 saturated heterocycles. The van der Waals surface area contributed by atoms with Gasteiger partial charge in [0.1, 0.15) is 5.82 Å². The van der Waals surface area contributed by atoms with Crippen LogP contribution in [-0.4, -0.2) is 58.9 Å². The molecule has 1 fully saturated rings. The summed E-state index contributed by atoms with van der Waals surface area (Å²) in [6.45, 7) is 1.48. The van der Waals surface area contributed by atoms with Crippen molar-refractivity contribution in [2.75, 3.05) is 42.7 Å². The fraction of sp³-hybridized carbons (Fsp3) is 0.500. The maximum absolute atomic E-state index is 12.4. The summed E-state index contributed by atoms with van der Waals surface area (Å²) in [6, 6.07) is 6.12. The number of likely N-dealkylation sites (tertiary alicyclic amines) is 1. The van der Waals surface area contributed by atoms with Crippen molar-refractivity contribution in [2.45, 2.75) is 25.3 Å². The molecule has 26 heavy (non-hydrogen) atoms. The summed E-state index contributed by atoms with van der Waals surface area (Å²) in [7, 11) is 5.79. The maximum Gasteiger partial charge on any atom is 0.323 e. The first-order valence-electron chi connectivity index (χ1n) is 8.97. The van der Waals surface area contributed by atoms with Crippen molar-refractivity contribution in [3.8, 4) is 0 Å². The second-order valence-electron chi connectivity index (χ2n) is 6.86. The van der Waals surface area contributed by atoms with Gasteiger partial charge >= 0.3 is 6.03 Å². The standard InChI is InChI=1S/C18H27N7O/c1-23(2)17-7-6-15(13-19-17)20-14-5-4-10-25(12-8-14)18(26)21-16-9-11-24(3)22-16/h6-7,9,11,13-14,20H,4-5,8,10,12H2,1-3H3,(H,21,22,26)/t14-/m1/s1. The Bertz CT molecular complexity index is 725. The Hall–Kier alpha value is -2.77. The number of rotatable bonds is 4. The molecule has 0 aliphatic carbocycles. The highest BCUT2D eigenvalue weighted by Gasteiger charge is 2.21. The number of nitrogens with one attached hydrogen (secondary N) is 2. The Morgan fingerprint density at radius 1 is 1.23 bits per heavy atom. The summed E-state index contributed by atoms with van der Waals surface area (Å²) >= 11 is 0. The lowest BCUT2D eigenvalue weighted by molar-refractivity contribution is 0.213. The normalized spacial score (nSPS) is 17.5. The van der Waals surface area contributed by atoms with E-state index < -0.39 is 0 Å². The van der Waals surface area contributed by atoms with Gasteiger partial charge in [-0.15, -0.1) is 0 Å². The summed E-state index contributed by atoms with van der Waals surface area (Å²) in [5.41, 5.74) is 1.02. The average molecular weight is 357 g/mol. The van der Waals surface area contributed by atoms with Crippen LogP contribution in [0, 0.1) is 0 Å². The maximum atomic E-state index is 12.4. The van der Waals surface area contributed by atoms with Crippen LogP contribution in [0.3, 0.4) is 0 Å². The van der Waals surface area contributed by atoms with Gasteiger partial charge in [-0.2, -0.15) is 5.10 Å². The summed E-state index contributed by atoms with van der Waals surface area (Å²) in [5, 5.41) is 10.6. The second kappa shape index (κ2) is 8.07. The van der Waals surface area contributed by atoms with E-state index in [1.807, 2.05) is 49.4 Å². The molecule has 2 N–H and O–H groups in total. The summed E-state index contributed by atoms with van der Waals surface area (Å²) in [4.78, 5) is 20.7. The fourth-order valence-electron chi connectivity index (χ4n) is 3.09. The molecule has 140 valence electrons. The Morgan fingerprint density at radius 2 is 2.08 bits per heavy atom. The Kier molecular flexibility index (Phi) is 5.60. The van der Waals surface area contributed by atoms with Crippen molar-refractivity contribution < 1.29 is 4.79 Å². The van der Waals surface area contributed by atoms with Gasteiger partial charge in [-0.25, -0.2) is 9.78 Å². The molecule has 0 aromatic carbocycles. The summed E-state index contributed by atoms with van der Waals surface area (Å²) in [6.07, 6.45) is 6.59. The topological polar surface area (TPSA) is 78.3 Å². The van der Waals surface area contributed by atoms with E-state index in [1.165, 1.54) is 0 Å². The van der Waals surface area contributed by atoms with Crippen LogP contribution < -0.4 is 15.5 Å². The predicted molar refractivity (Wildman–Crippen MR) is 104 cm³/mol. The monoisotopic (exact) mass is 357 g/mol. The van der Waals surface area contributed by atoms with E-state index in [1.54, 1.807) is 10.7 Å². The molecule has 8 heteroatoms. The van der Waals surface area contributed by atoms with Crippen LogP contribution in [0.5, 0.6) is 0 Å². The number of hydrogen-bond donors (Lipinski definition) is 2. The molecule has 2 amide bonds. The first-order valence-corrected chi connectivity index (χ1v) is 8.97. The van der Waals surface area contributed by atoms with E-state index in [9.17, 15) is 4.79 Å². The predicted octanol–water partition coefficient (Wildman–Crippen LogP) is 2.38. The number of urea groups is 1. The molecule has 2 aromatic heterocycles. The van der Waals surface area contributed by atoms with Crippen LogP contribution in [-0.2, 0) is 7.05 Å². The van der Waals surface area contributed by atoms with Crippen LogP contribution in [0.4, 0.5) is 22.1 Å². The fourth-order valence-corrected chi connectivity index (χ4v) is 3.09. The van der Waals surface area contributed by atoms with E-state index in [2.05, 4.69) is 26.8 Å². The molecule has 1 aliphatic rings. The highest BCUT2D eigenvalue weighted by molar-refractivity contribution is 5.88. The van der Waals surface area contributed by atoms with E-state index in [0.29, 0.717) is 11.9 Å². The lowest BCUT2D eigenvalue weighted by atomic mass is 10.1. The Balaban J connectivity index is 1.52. The quantitative estimate of drug-likeness (QED) is 0.878. The van der Waals surface area contributed by atoms with Crippen molar-refractivity contribution in [1.29, 1.82) is 0 Å². The van der Waals surface area contributed by atoms with Gasteiger partial charge in [-0.05, 0) is 31.4 Å². The molecular formula is C18H27N7O. The lowest BCUT2D eigenvalue weighted by Gasteiger charge is -2.21. The largest absolute Gasteiger partial charge is 0.381 e. The van der Waals surface area contributed by atoms with Crippen LogP contribution in [0.25, 0.3) is 0 Å². The zero-order chi connectivity index (χ0) is 18.5. The van der Waals surface area contributed by atoms with Crippen LogP contribution >= 0.6 is 0 Å². The molecule has 0 saturated carbocycles. The highest BCUT2D eigenvalue weighted by Crippen LogP contribution is 2.18. The first kappa shape index (κ1) is 18.0. The minimum Gasteiger partial charge on any atom is -0.381 e. The number of pyridine rings is 1. The van der Waals surface area contributed by atoms with Crippen molar-refractivity contribution in [3.63, 3.8) is 0 Å². The number of nitrogens with zero attached hydrogens (tertiary/aromatic N) is 5. The number of carbonyl (C=O) groups excluding carboxylic acids is 1. The van der Waals surface area contributed by atoms with Crippen molar-refractivity contribution in [3.05, 3.63) is 30.6 Å². The second-order valence-corrected chi connectivity index (χ2v) is 6.86. The number of amides is 2. The Labute approximate surface area is 154 Å². The minimum atomic E-state index is -0.0821. The van der Waals surface area contributed by atoms with Gasteiger partial charge in [0.05, 0.1) is 11.9 Å². The third kappa shape index (κ3) is 4.65. The molecule has 0 bridgehead atoms. The number of aromatic nitrogens is 3. The first-order chi connectivity index (χ1) is 12.5. The SMILES string of the molecule is CN(C)c1ccc(N[C@@H]2CCCN(C(=O)Nc3ccn(C)n3)CC2)cn1. The zero-order valence-corrected chi connectivity index (χ0v) is 15.6. The van der Waals surface area contributed by atoms with Gasteiger partial charge in [0.25, 0.3) is 0 Å². The van der Waals surface area contributed by atoms with Gasteiger partial charge in [0.15, 0.2) is 5.82 Å². The minimum absolute atomic E-state index is 0.0821. The molecule has 2 aromatic rings. The van der Waals surface area contributed by atoms with Gasteiger partial charge in [0.2, 0.25) is 0 Å². The van der Waals surface area contributed by atoms with Crippen LogP contribution in [0.1, 0.15) is 19.3 Å². The Morgan fingerprint density at radius 3 is 2.73 bits per heavy atom. The number of carbonyl (C=O) groups is 1. The molecule has 0 spiro atoms. The number of anilines is 3. The molecular weight excluding hydrogens is 330 g/mol. The molecule has 8 nitrogen and oxygen atoms in total. The molecule has 3 heterocycles. The summed E-state index contributed by atoms with van der Waals surface area (Å²) < 4.78 is 1.67. The third-order valence-corrected chi connectivity index (χ3v) is 4.54. The van der Waals surface area contributed by atoms with Crippen molar-refractivity contribution in [1.82, 2.24) is 19.7 Å². The molecule has 0 radical (unpaired) electrons. The third-order valence-electron chi connectivity index (χ3n) is 4.54. The molecule has 0 unspecified atom stereocenters. The number of hydrogen-bond acceptors (Lipinski definition) is 5. The van der Waals surface area contributed by atoms with E-state index in [4.69, 9.17) is 0 Å². The van der Waals surface area contributed by atoms with Crippen molar-refractivity contribution >= 4 is 23.4 Å². The van der Waals surface area contributed by atoms with Gasteiger partial charge in [-0.3, -0.25) is 10.00 Å². The molecule has 1 atom stereocenters. The molecule has 1 aliphatic heterocycles. The number of aryl methyl sites for hydroxylation is 1. The lowest BCUT2D eigenvalue weighted by Crippen LogP contribution is -2.36. The van der Waals surface area contributed by atoms with Crippen LogP contribution in [0.15, 0.2) is 30.6 Å². The summed E-state index contributed by atoms with van der Waals surface area (Å²) in [5.74, 6) is 1.53. The highest BCUT2D eigenvalue weighted by atomic mass is 16.2. The smallest absolute Gasteiger partial charge is 0.323 e. The zero-order valence-electron chi connectivity index (χ0n) is 15.6. The van der Waals surface area contributed by atoms with E-state index >= 15 is 0 Å².